The first-order chi connectivity index (χ1) is 12.4. The topological polar surface area (TPSA) is 49.4 Å². The first-order valence-electron chi connectivity index (χ1n) is 8.63. The number of nitrogens with one attached hydrogen (secondary N) is 1. The van der Waals surface area contributed by atoms with Crippen LogP contribution in [0.4, 0.5) is 0 Å². The summed E-state index contributed by atoms with van der Waals surface area (Å²) >= 11 is 11.9. The molecule has 0 saturated carbocycles. The molecule has 0 radical (unpaired) electrons. The minimum absolute atomic E-state index is 0.170. The SMILES string of the molecule is O=S(=O)(Cc1ccc(Cl)cc1Cl)NCc1cccc(CN2CCCC2)c1. The van der Waals surface area contributed by atoms with Gasteiger partial charge in [-0.25, -0.2) is 13.1 Å². The molecule has 7 heteroatoms. The Balaban J connectivity index is 1.60. The summed E-state index contributed by atoms with van der Waals surface area (Å²) in [6.45, 7) is 3.46. The van der Waals surface area contributed by atoms with Crippen molar-refractivity contribution in [2.45, 2.75) is 31.7 Å². The van der Waals surface area contributed by atoms with Crippen LogP contribution in [0.5, 0.6) is 0 Å². The molecule has 1 N–H and O–H groups in total. The largest absolute Gasteiger partial charge is 0.299 e. The molecule has 0 atom stereocenters. The summed E-state index contributed by atoms with van der Waals surface area (Å²) in [5.41, 5.74) is 2.70. The molecule has 1 saturated heterocycles. The molecule has 2 aromatic carbocycles. The molecule has 0 spiro atoms. The van der Waals surface area contributed by atoms with Crippen LogP contribution in [-0.4, -0.2) is 26.4 Å². The van der Waals surface area contributed by atoms with E-state index in [1.807, 2.05) is 12.1 Å². The van der Waals surface area contributed by atoms with Crippen LogP contribution in [0.1, 0.15) is 29.5 Å². The third-order valence-electron chi connectivity index (χ3n) is 4.45. The van der Waals surface area contributed by atoms with Gasteiger partial charge in [-0.3, -0.25) is 4.90 Å². The summed E-state index contributed by atoms with van der Waals surface area (Å²) < 4.78 is 27.4. The Morgan fingerprint density at radius 3 is 2.46 bits per heavy atom. The number of nitrogens with zero attached hydrogens (tertiary/aromatic N) is 1. The molecule has 0 bridgehead atoms. The fraction of sp³-hybridized carbons (Fsp3) is 0.368. The molecule has 2 aromatic rings. The molecule has 140 valence electrons. The fourth-order valence-electron chi connectivity index (χ4n) is 3.12. The standard InChI is InChI=1S/C19H22Cl2N2O2S/c20-18-7-6-17(19(21)11-18)14-26(24,25)22-12-15-4-3-5-16(10-15)13-23-8-1-2-9-23/h3-7,10-11,22H,1-2,8-9,12-14H2. The van der Waals surface area contributed by atoms with Gasteiger partial charge >= 0.3 is 0 Å². The van der Waals surface area contributed by atoms with Gasteiger partial charge in [0.1, 0.15) is 0 Å². The highest BCUT2D eigenvalue weighted by atomic mass is 35.5. The van der Waals surface area contributed by atoms with Crippen molar-refractivity contribution in [3.63, 3.8) is 0 Å². The van der Waals surface area contributed by atoms with Crippen LogP contribution in [-0.2, 0) is 28.9 Å². The third kappa shape index (κ3) is 5.69. The lowest BCUT2D eigenvalue weighted by atomic mass is 10.1. The van der Waals surface area contributed by atoms with Crippen molar-refractivity contribution in [3.05, 3.63) is 69.2 Å². The summed E-state index contributed by atoms with van der Waals surface area (Å²) in [4.78, 5) is 2.42. The van der Waals surface area contributed by atoms with Crippen LogP contribution in [0.3, 0.4) is 0 Å². The van der Waals surface area contributed by atoms with Gasteiger partial charge in [-0.15, -0.1) is 0 Å². The quantitative estimate of drug-likeness (QED) is 0.740. The molecule has 1 heterocycles. The molecule has 0 aromatic heterocycles. The van der Waals surface area contributed by atoms with Crippen molar-refractivity contribution in [2.75, 3.05) is 13.1 Å². The van der Waals surface area contributed by atoms with Crippen LogP contribution < -0.4 is 4.72 Å². The van der Waals surface area contributed by atoms with E-state index in [9.17, 15) is 8.42 Å². The smallest absolute Gasteiger partial charge is 0.216 e. The Morgan fingerprint density at radius 1 is 1.00 bits per heavy atom. The average molecular weight is 413 g/mol. The second-order valence-corrected chi connectivity index (χ2v) is 9.27. The van der Waals surface area contributed by atoms with Gasteiger partial charge in [0.15, 0.2) is 0 Å². The predicted molar refractivity (Wildman–Crippen MR) is 107 cm³/mol. The van der Waals surface area contributed by atoms with E-state index in [4.69, 9.17) is 23.2 Å². The number of hydrogen-bond acceptors (Lipinski definition) is 3. The van der Waals surface area contributed by atoms with Crippen molar-refractivity contribution >= 4 is 33.2 Å². The van der Waals surface area contributed by atoms with Crippen LogP contribution >= 0.6 is 23.2 Å². The van der Waals surface area contributed by atoms with Crippen LogP contribution in [0.2, 0.25) is 10.0 Å². The van der Waals surface area contributed by atoms with E-state index < -0.39 is 10.0 Å². The number of hydrogen-bond donors (Lipinski definition) is 1. The van der Waals surface area contributed by atoms with Gasteiger partial charge in [-0.2, -0.15) is 0 Å². The van der Waals surface area contributed by atoms with Gasteiger partial charge in [0.05, 0.1) is 5.75 Å². The lowest BCUT2D eigenvalue weighted by Gasteiger charge is -2.15. The zero-order valence-corrected chi connectivity index (χ0v) is 16.7. The maximum atomic E-state index is 12.4. The van der Waals surface area contributed by atoms with Gasteiger partial charge in [0.25, 0.3) is 0 Å². The Morgan fingerprint density at radius 2 is 1.73 bits per heavy atom. The van der Waals surface area contributed by atoms with E-state index in [-0.39, 0.29) is 12.3 Å². The number of likely N-dealkylation sites (tertiary alicyclic amines) is 1. The first-order valence-corrected chi connectivity index (χ1v) is 11.0. The van der Waals surface area contributed by atoms with Gasteiger partial charge < -0.3 is 0 Å². The van der Waals surface area contributed by atoms with E-state index in [0.717, 1.165) is 25.2 Å². The molecule has 4 nitrogen and oxygen atoms in total. The molecule has 1 aliphatic rings. The summed E-state index contributed by atoms with van der Waals surface area (Å²) in [6.07, 6.45) is 2.51. The highest BCUT2D eigenvalue weighted by Crippen LogP contribution is 2.22. The summed E-state index contributed by atoms with van der Waals surface area (Å²) in [5.74, 6) is -0.170. The van der Waals surface area contributed by atoms with Crippen molar-refractivity contribution in [2.24, 2.45) is 0 Å². The maximum absolute atomic E-state index is 12.4. The van der Waals surface area contributed by atoms with Gasteiger partial charge in [-0.05, 0) is 54.8 Å². The molecule has 0 aliphatic carbocycles. The van der Waals surface area contributed by atoms with Gasteiger partial charge in [0.2, 0.25) is 10.0 Å². The second kappa shape index (κ2) is 8.72. The first kappa shape index (κ1) is 19.6. The summed E-state index contributed by atoms with van der Waals surface area (Å²) in [7, 11) is -3.49. The number of benzene rings is 2. The molecule has 26 heavy (non-hydrogen) atoms. The van der Waals surface area contributed by atoms with Crippen LogP contribution in [0, 0.1) is 0 Å². The van der Waals surface area contributed by atoms with Crippen molar-refractivity contribution in [1.29, 1.82) is 0 Å². The monoisotopic (exact) mass is 412 g/mol. The predicted octanol–water partition coefficient (Wildman–Crippen LogP) is 4.21. The minimum Gasteiger partial charge on any atom is -0.299 e. The molecule has 3 rings (SSSR count). The summed E-state index contributed by atoms with van der Waals surface area (Å²) in [6, 6.07) is 12.9. The zero-order valence-electron chi connectivity index (χ0n) is 14.4. The number of rotatable bonds is 7. The number of halogens is 2. The Labute approximate surface area is 165 Å². The van der Waals surface area contributed by atoms with E-state index >= 15 is 0 Å². The average Bonchev–Trinajstić information content (AvgIpc) is 3.09. The maximum Gasteiger partial charge on any atom is 0.216 e. The Hall–Kier alpha value is -1.11. The molecule has 0 unspecified atom stereocenters. The minimum atomic E-state index is -3.49. The van der Waals surface area contributed by atoms with Crippen molar-refractivity contribution in [3.8, 4) is 0 Å². The van der Waals surface area contributed by atoms with Gasteiger partial charge in [0, 0.05) is 23.1 Å². The molecular weight excluding hydrogens is 391 g/mol. The lowest BCUT2D eigenvalue weighted by molar-refractivity contribution is 0.331. The highest BCUT2D eigenvalue weighted by molar-refractivity contribution is 7.88. The third-order valence-corrected chi connectivity index (χ3v) is 6.32. The van der Waals surface area contributed by atoms with Crippen molar-refractivity contribution < 1.29 is 8.42 Å². The Kier molecular flexibility index (Phi) is 6.59. The van der Waals surface area contributed by atoms with Gasteiger partial charge in [-0.1, -0.05) is 53.5 Å². The second-order valence-electron chi connectivity index (χ2n) is 6.62. The number of sulfonamides is 1. The lowest BCUT2D eigenvalue weighted by Crippen LogP contribution is -2.25. The molecular formula is C19H22Cl2N2O2S. The molecule has 0 amide bonds. The zero-order chi connectivity index (χ0) is 18.6. The summed E-state index contributed by atoms with van der Waals surface area (Å²) in [5, 5.41) is 0.842. The van der Waals surface area contributed by atoms with E-state index in [1.165, 1.54) is 18.4 Å². The van der Waals surface area contributed by atoms with E-state index in [2.05, 4.69) is 21.8 Å². The normalized spacial score (nSPS) is 15.5. The molecule has 1 aliphatic heterocycles. The van der Waals surface area contributed by atoms with Crippen LogP contribution in [0.25, 0.3) is 0 Å². The Bertz CT molecular complexity index is 866. The van der Waals surface area contributed by atoms with Crippen LogP contribution in [0.15, 0.2) is 42.5 Å². The highest BCUT2D eigenvalue weighted by Gasteiger charge is 2.15. The fourth-order valence-corrected chi connectivity index (χ4v) is 4.83. The van der Waals surface area contributed by atoms with E-state index in [1.54, 1.807) is 18.2 Å². The van der Waals surface area contributed by atoms with E-state index in [0.29, 0.717) is 15.6 Å². The molecule has 1 fully saturated rings. The van der Waals surface area contributed by atoms with Crippen molar-refractivity contribution in [1.82, 2.24) is 9.62 Å².